The molecule has 7 aromatic carbocycles. The number of azo groups is 3. The van der Waals surface area contributed by atoms with Crippen molar-refractivity contribution in [2.24, 2.45) is 30.7 Å². The van der Waals surface area contributed by atoms with Crippen LogP contribution in [0, 0.1) is 20.2 Å². The Labute approximate surface area is 382 Å². The Balaban J connectivity index is 1.12. The van der Waals surface area contributed by atoms with Gasteiger partial charge in [0.1, 0.15) is 37.6 Å². The van der Waals surface area contributed by atoms with Gasteiger partial charge in [0.15, 0.2) is 0 Å². The minimum Gasteiger partial charge on any atom is -0.505 e. The Hall–Kier alpha value is -8.67. The zero-order valence-corrected chi connectivity index (χ0v) is 36.2. The minimum absolute atomic E-state index is 0.0252. The van der Waals surface area contributed by atoms with E-state index in [1.54, 1.807) is 0 Å². The number of nitro groups is 2. The average molecular weight is 985 g/mol. The van der Waals surface area contributed by atoms with Gasteiger partial charge in [-0.1, -0.05) is 12.1 Å². The van der Waals surface area contributed by atoms with Crippen LogP contribution in [-0.4, -0.2) is 59.0 Å². The Bertz CT molecular complexity index is 3630. The summed E-state index contributed by atoms with van der Waals surface area (Å²) < 4.78 is 102. The summed E-state index contributed by atoms with van der Waals surface area (Å²) in [5.74, 6) is -1.06. The molecule has 0 atom stereocenters. The summed E-state index contributed by atoms with van der Waals surface area (Å²) in [4.78, 5) is 18.6. The van der Waals surface area contributed by atoms with Crippen LogP contribution in [0.3, 0.4) is 0 Å². The third-order valence-corrected chi connectivity index (χ3v) is 12.0. The molecule has 0 aliphatic rings. The number of non-ortho nitro benzene ring substituents is 2. The quantitative estimate of drug-likeness (QED) is 0.0217. The lowest BCUT2D eigenvalue weighted by Crippen LogP contribution is -2.04. The largest absolute Gasteiger partial charge is 0.505 e. The number of phenols is 2. The van der Waals surface area contributed by atoms with Crippen molar-refractivity contribution in [1.82, 2.24) is 0 Å². The zero-order chi connectivity index (χ0) is 49.1. The standard InChI is InChI=1S/C40H28N10O15S3/c51-35-21-36(52)34(20-33(35)47-44-25-10-6-23(7-11-25)42-31-15-13-27(50(55)56)19-39(31)68(63,64)65)48-45-29-16-17-32(40-28(29)2-1-3-37(40)66(57,58)59)46-43-24-8-4-22(5-9-24)41-30-14-12-26(49(53)54)18-38(30)67(60,61)62/h1-21,41-42,51-52H,(H,57,58,59)(H,60,61,62)(H,63,64,65). The number of phenolic OH excluding ortho intramolecular Hbond substituents is 2. The first-order chi connectivity index (χ1) is 32.0. The maximum absolute atomic E-state index is 12.5. The number of rotatable bonds is 15. The molecule has 25 nitrogen and oxygen atoms in total. The van der Waals surface area contributed by atoms with Gasteiger partial charge in [-0.05, 0) is 78.9 Å². The molecule has 68 heavy (non-hydrogen) atoms. The van der Waals surface area contributed by atoms with E-state index in [1.165, 1.54) is 72.8 Å². The van der Waals surface area contributed by atoms with Crippen LogP contribution in [0.15, 0.2) is 173 Å². The molecule has 7 N–H and O–H groups in total. The second kappa shape index (κ2) is 18.7. The van der Waals surface area contributed by atoms with E-state index in [4.69, 9.17) is 0 Å². The van der Waals surface area contributed by atoms with Crippen LogP contribution in [0.5, 0.6) is 11.5 Å². The van der Waals surface area contributed by atoms with Gasteiger partial charge in [0.05, 0.1) is 44.0 Å². The van der Waals surface area contributed by atoms with Gasteiger partial charge in [0.2, 0.25) is 0 Å². The van der Waals surface area contributed by atoms with Crippen LogP contribution in [0.2, 0.25) is 0 Å². The van der Waals surface area contributed by atoms with Crippen molar-refractivity contribution in [3.05, 3.63) is 148 Å². The molecule has 0 amide bonds. The molecule has 0 aliphatic heterocycles. The van der Waals surface area contributed by atoms with Crippen molar-refractivity contribution in [1.29, 1.82) is 0 Å². The van der Waals surface area contributed by atoms with Gasteiger partial charge >= 0.3 is 0 Å². The molecule has 0 bridgehead atoms. The third kappa shape index (κ3) is 10.9. The van der Waals surface area contributed by atoms with Crippen molar-refractivity contribution < 1.29 is 59.0 Å². The monoisotopic (exact) mass is 984 g/mol. The average Bonchev–Trinajstić information content (AvgIpc) is 3.27. The summed E-state index contributed by atoms with van der Waals surface area (Å²) >= 11 is 0. The molecule has 0 aromatic heterocycles. The van der Waals surface area contributed by atoms with Crippen molar-refractivity contribution in [3.8, 4) is 11.5 Å². The van der Waals surface area contributed by atoms with Crippen LogP contribution in [0.1, 0.15) is 0 Å². The highest BCUT2D eigenvalue weighted by molar-refractivity contribution is 7.86. The number of hydrogen-bond acceptors (Lipinski definition) is 20. The fourth-order valence-corrected chi connectivity index (χ4v) is 8.24. The Morgan fingerprint density at radius 3 is 1.29 bits per heavy atom. The van der Waals surface area contributed by atoms with Crippen LogP contribution >= 0.6 is 0 Å². The molecule has 0 unspecified atom stereocenters. The Morgan fingerprint density at radius 2 is 0.853 bits per heavy atom. The number of nitrogens with zero attached hydrogens (tertiary/aromatic N) is 8. The normalized spacial score (nSPS) is 12.3. The number of fused-ring (bicyclic) bond motifs is 1. The second-order valence-corrected chi connectivity index (χ2v) is 18.0. The smallest absolute Gasteiger partial charge is 0.296 e. The topological polar surface area (TPSA) is 388 Å². The molecule has 0 heterocycles. The Morgan fingerprint density at radius 1 is 0.441 bits per heavy atom. The number of anilines is 4. The van der Waals surface area contributed by atoms with E-state index in [0.29, 0.717) is 12.1 Å². The molecular weight excluding hydrogens is 957 g/mol. The minimum atomic E-state index is -4.88. The summed E-state index contributed by atoms with van der Waals surface area (Å²) in [6, 6.07) is 25.8. The van der Waals surface area contributed by atoms with E-state index in [0.717, 1.165) is 42.5 Å². The van der Waals surface area contributed by atoms with Gasteiger partial charge in [0.25, 0.3) is 41.7 Å². The third-order valence-electron chi connectivity index (χ3n) is 9.32. The Kier molecular flexibility index (Phi) is 13.0. The molecule has 0 spiro atoms. The predicted molar refractivity (Wildman–Crippen MR) is 241 cm³/mol. The van der Waals surface area contributed by atoms with Gasteiger partial charge in [-0.25, -0.2) is 0 Å². The van der Waals surface area contributed by atoms with E-state index in [2.05, 4.69) is 41.3 Å². The summed E-state index contributed by atoms with van der Waals surface area (Å²) in [5.41, 5.74) is -0.900. The van der Waals surface area contributed by atoms with E-state index >= 15 is 0 Å². The van der Waals surface area contributed by atoms with Gasteiger partial charge in [-0.15, -0.1) is 20.5 Å². The summed E-state index contributed by atoms with van der Waals surface area (Å²) in [6.07, 6.45) is 0. The maximum Gasteiger partial charge on any atom is 0.296 e. The number of benzene rings is 7. The summed E-state index contributed by atoms with van der Waals surface area (Å²) in [5, 5.41) is 73.5. The zero-order valence-electron chi connectivity index (χ0n) is 33.7. The lowest BCUT2D eigenvalue weighted by molar-refractivity contribution is -0.385. The van der Waals surface area contributed by atoms with Crippen molar-refractivity contribution in [3.63, 3.8) is 0 Å². The fourth-order valence-electron chi connectivity index (χ4n) is 6.19. The molecule has 0 radical (unpaired) electrons. The second-order valence-electron chi connectivity index (χ2n) is 13.9. The lowest BCUT2D eigenvalue weighted by Gasteiger charge is -2.10. The van der Waals surface area contributed by atoms with Gasteiger partial charge in [-0.3, -0.25) is 33.9 Å². The van der Waals surface area contributed by atoms with E-state index in [-0.39, 0.29) is 67.6 Å². The number of nitro benzene ring substituents is 2. The van der Waals surface area contributed by atoms with E-state index in [1.807, 2.05) is 0 Å². The number of hydrogen-bond donors (Lipinski definition) is 7. The predicted octanol–water partition coefficient (Wildman–Crippen LogP) is 10.5. The molecule has 0 saturated carbocycles. The molecule has 346 valence electrons. The highest BCUT2D eigenvalue weighted by atomic mass is 32.2. The van der Waals surface area contributed by atoms with E-state index < -0.39 is 77.8 Å². The van der Waals surface area contributed by atoms with Crippen molar-refractivity contribution in [2.45, 2.75) is 14.7 Å². The lowest BCUT2D eigenvalue weighted by atomic mass is 10.1. The van der Waals surface area contributed by atoms with Gasteiger partial charge in [-0.2, -0.15) is 35.5 Å². The molecule has 0 saturated heterocycles. The fraction of sp³-hybridized carbons (Fsp3) is 0. The van der Waals surface area contributed by atoms with Crippen LogP contribution in [-0.2, 0) is 30.4 Å². The number of nitrogens with one attached hydrogen (secondary N) is 2. The van der Waals surface area contributed by atoms with E-state index in [9.17, 15) is 69.4 Å². The highest BCUT2D eigenvalue weighted by Gasteiger charge is 2.23. The van der Waals surface area contributed by atoms with Crippen LogP contribution < -0.4 is 10.6 Å². The summed E-state index contributed by atoms with van der Waals surface area (Å²) in [7, 11) is -14.6. The number of aromatic hydroxyl groups is 2. The maximum atomic E-state index is 12.5. The first-order valence-electron chi connectivity index (χ1n) is 18.7. The first-order valence-corrected chi connectivity index (χ1v) is 23.0. The molecule has 0 aliphatic carbocycles. The van der Waals surface area contributed by atoms with Crippen LogP contribution in [0.4, 0.5) is 68.2 Å². The molecule has 0 fully saturated rings. The van der Waals surface area contributed by atoms with Gasteiger partial charge < -0.3 is 20.8 Å². The van der Waals surface area contributed by atoms with Crippen molar-refractivity contribution in [2.75, 3.05) is 10.6 Å². The molecule has 7 aromatic rings. The molecular formula is C40H28N10O15S3. The first kappa shape index (κ1) is 47.3. The van der Waals surface area contributed by atoms with Crippen molar-refractivity contribution >= 4 is 109 Å². The highest BCUT2D eigenvalue weighted by Crippen LogP contribution is 2.43. The van der Waals surface area contributed by atoms with Gasteiger partial charge in [0, 0.05) is 58.5 Å². The summed E-state index contributed by atoms with van der Waals surface area (Å²) in [6.45, 7) is 0. The van der Waals surface area contributed by atoms with Crippen LogP contribution in [0.25, 0.3) is 10.8 Å². The molecule has 28 heteroatoms. The molecule has 7 rings (SSSR count). The SMILES string of the molecule is O=[N+]([O-])c1ccc(Nc2ccc(N=Nc3cc(N=Nc4ccc(N=Nc5ccc(Nc6ccc([N+](=O)[O-])cc6S(=O)(=O)O)cc5)c5c(S(=O)(=O)O)cccc45)c(O)cc3O)cc2)c(S(=O)(=O)O)c1.